The molecular weight excluding hydrogens is 512 g/mol. The summed E-state index contributed by atoms with van der Waals surface area (Å²) < 4.78 is 40.4. The normalized spacial score (nSPS) is 13.9. The number of alkyl halides is 3. The Bertz CT molecular complexity index is 958. The zero-order chi connectivity index (χ0) is 26.1. The summed E-state index contributed by atoms with van der Waals surface area (Å²) >= 11 is 12.0. The number of amides is 2. The lowest BCUT2D eigenvalue weighted by molar-refractivity contribution is -0.155. The third-order valence-corrected chi connectivity index (χ3v) is 6.94. The van der Waals surface area contributed by atoms with E-state index in [2.05, 4.69) is 5.32 Å². The zero-order valence-electron chi connectivity index (χ0n) is 19.2. The molecule has 0 saturated heterocycles. The lowest BCUT2D eigenvalue weighted by Gasteiger charge is -2.32. The molecule has 0 radical (unpaired) electrons. The molecule has 1 rings (SSSR count). The van der Waals surface area contributed by atoms with Crippen LogP contribution in [0.4, 0.5) is 4.39 Å². The van der Waals surface area contributed by atoms with Crippen LogP contribution < -0.4 is 11.1 Å². The van der Waals surface area contributed by atoms with Crippen LogP contribution in [-0.2, 0) is 29.0 Å². The second-order valence-corrected chi connectivity index (χ2v) is 11.4. The number of rotatable bonds is 14. The highest BCUT2D eigenvalue weighted by molar-refractivity contribution is 7.90. The fraction of sp³-hybridized carbons (Fsp3) is 0.571. The van der Waals surface area contributed by atoms with Crippen LogP contribution in [0, 0.1) is 5.92 Å². The van der Waals surface area contributed by atoms with Gasteiger partial charge in [0, 0.05) is 19.2 Å². The van der Waals surface area contributed by atoms with E-state index in [1.165, 1.54) is 24.3 Å². The van der Waals surface area contributed by atoms with Gasteiger partial charge in [-0.15, -0.1) is 0 Å². The summed E-state index contributed by atoms with van der Waals surface area (Å²) in [7, 11) is 0.286. The predicted octanol–water partition coefficient (Wildman–Crippen LogP) is 1.77. The van der Waals surface area contributed by atoms with E-state index >= 15 is 0 Å². The van der Waals surface area contributed by atoms with Gasteiger partial charge in [0.05, 0.1) is 23.9 Å². The fourth-order valence-corrected chi connectivity index (χ4v) is 3.94. The van der Waals surface area contributed by atoms with Crippen molar-refractivity contribution in [2.45, 2.75) is 34.6 Å². The van der Waals surface area contributed by atoms with Crippen molar-refractivity contribution in [3.63, 3.8) is 0 Å². The number of benzene rings is 1. The van der Waals surface area contributed by atoms with Crippen molar-refractivity contribution in [3.05, 3.63) is 29.8 Å². The Labute approximate surface area is 209 Å². The van der Waals surface area contributed by atoms with Crippen molar-refractivity contribution in [2.24, 2.45) is 11.7 Å². The molecule has 0 aliphatic carbocycles. The number of hydrogen-bond acceptors (Lipinski definition) is 7. The Hall–Kier alpha value is -1.95. The van der Waals surface area contributed by atoms with Crippen LogP contribution in [0.2, 0.25) is 0 Å². The van der Waals surface area contributed by atoms with Crippen LogP contribution in [0.5, 0.6) is 0 Å². The van der Waals surface area contributed by atoms with Gasteiger partial charge in [0.1, 0.15) is 6.10 Å². The molecule has 13 heteroatoms. The maximum atomic E-state index is 14.0. The molecule has 34 heavy (non-hydrogen) atoms. The van der Waals surface area contributed by atoms with Crippen molar-refractivity contribution in [1.82, 2.24) is 10.2 Å². The van der Waals surface area contributed by atoms with Gasteiger partial charge in [0.15, 0.2) is 9.84 Å². The summed E-state index contributed by atoms with van der Waals surface area (Å²) in [4.78, 5) is 38.1. The SMILES string of the molecule is CN(C)CCCNC(=O)CCC(=O)OC(c1ccc(S(C)(=O)=O)cc1)C(CF)C(Cl)(Cl)C(N)=O. The van der Waals surface area contributed by atoms with E-state index in [0.29, 0.717) is 6.54 Å². The number of nitrogens with zero attached hydrogens (tertiary/aromatic N) is 1. The number of sulfone groups is 1. The maximum Gasteiger partial charge on any atom is 0.306 e. The molecule has 192 valence electrons. The van der Waals surface area contributed by atoms with Gasteiger partial charge in [-0.1, -0.05) is 35.3 Å². The molecule has 2 unspecified atom stereocenters. The van der Waals surface area contributed by atoms with E-state index in [9.17, 15) is 27.2 Å². The van der Waals surface area contributed by atoms with Crippen molar-refractivity contribution in [3.8, 4) is 0 Å². The van der Waals surface area contributed by atoms with E-state index in [1.807, 2.05) is 19.0 Å². The number of hydrogen-bond donors (Lipinski definition) is 2. The van der Waals surface area contributed by atoms with E-state index < -0.39 is 44.7 Å². The first-order chi connectivity index (χ1) is 15.7. The lowest BCUT2D eigenvalue weighted by Crippen LogP contribution is -2.45. The minimum atomic E-state index is -3.52. The van der Waals surface area contributed by atoms with E-state index in [0.717, 1.165) is 19.2 Å². The predicted molar refractivity (Wildman–Crippen MR) is 127 cm³/mol. The summed E-state index contributed by atoms with van der Waals surface area (Å²) in [6.07, 6.45) is -0.246. The lowest BCUT2D eigenvalue weighted by atomic mass is 9.92. The van der Waals surface area contributed by atoms with Crippen molar-refractivity contribution >= 4 is 50.8 Å². The highest BCUT2D eigenvalue weighted by atomic mass is 35.5. The minimum absolute atomic E-state index is 0.0259. The molecule has 0 aliphatic heterocycles. The average Bonchev–Trinajstić information content (AvgIpc) is 2.74. The van der Waals surface area contributed by atoms with Gasteiger partial charge in [0.25, 0.3) is 5.91 Å². The van der Waals surface area contributed by atoms with Gasteiger partial charge in [-0.2, -0.15) is 0 Å². The zero-order valence-corrected chi connectivity index (χ0v) is 21.6. The molecule has 0 saturated carbocycles. The molecule has 0 spiro atoms. The van der Waals surface area contributed by atoms with Gasteiger partial charge in [-0.25, -0.2) is 8.42 Å². The first-order valence-electron chi connectivity index (χ1n) is 10.3. The summed E-state index contributed by atoms with van der Waals surface area (Å²) in [5, 5.41) is 2.68. The average molecular weight is 542 g/mol. The molecule has 0 aliphatic rings. The van der Waals surface area contributed by atoms with Crippen molar-refractivity contribution in [2.75, 3.05) is 40.1 Å². The van der Waals surface area contributed by atoms with Gasteiger partial charge in [0.2, 0.25) is 10.2 Å². The van der Waals surface area contributed by atoms with Crippen LogP contribution >= 0.6 is 23.2 Å². The molecular formula is C21H30Cl2FN3O6S. The number of primary amides is 1. The molecule has 0 bridgehead atoms. The summed E-state index contributed by atoms with van der Waals surface area (Å²) in [5.74, 6) is -4.08. The second-order valence-electron chi connectivity index (χ2n) is 8.01. The Kier molecular flexibility index (Phi) is 11.7. The number of ether oxygens (including phenoxy) is 1. The van der Waals surface area contributed by atoms with E-state index in [1.54, 1.807) is 0 Å². The van der Waals surface area contributed by atoms with Crippen molar-refractivity contribution in [1.29, 1.82) is 0 Å². The van der Waals surface area contributed by atoms with Crippen LogP contribution in [0.3, 0.4) is 0 Å². The second kappa shape index (κ2) is 13.2. The molecule has 3 N–H and O–H groups in total. The molecule has 2 amide bonds. The Morgan fingerprint density at radius 1 is 1.18 bits per heavy atom. The van der Waals surface area contributed by atoms with Crippen molar-refractivity contribution < 1.29 is 31.9 Å². The number of carbonyl (C=O) groups is 3. The van der Waals surface area contributed by atoms with Crippen LogP contribution in [-0.4, -0.2) is 75.5 Å². The number of halogens is 3. The van der Waals surface area contributed by atoms with Gasteiger partial charge in [-0.3, -0.25) is 18.8 Å². The summed E-state index contributed by atoms with van der Waals surface area (Å²) in [6.45, 7) is -0.0653. The highest BCUT2D eigenvalue weighted by Gasteiger charge is 2.47. The van der Waals surface area contributed by atoms with Gasteiger partial charge in [-0.05, 0) is 44.8 Å². The Balaban J connectivity index is 3.00. The van der Waals surface area contributed by atoms with Crippen LogP contribution in [0.25, 0.3) is 0 Å². The summed E-state index contributed by atoms with van der Waals surface area (Å²) in [6, 6.07) is 5.05. The highest BCUT2D eigenvalue weighted by Crippen LogP contribution is 2.41. The largest absolute Gasteiger partial charge is 0.457 e. The molecule has 9 nitrogen and oxygen atoms in total. The molecule has 0 fully saturated rings. The molecule has 2 atom stereocenters. The molecule has 0 aromatic heterocycles. The number of nitrogens with two attached hydrogens (primary N) is 1. The van der Waals surface area contributed by atoms with Crippen LogP contribution in [0.15, 0.2) is 29.2 Å². The topological polar surface area (TPSA) is 136 Å². The smallest absolute Gasteiger partial charge is 0.306 e. The number of nitrogens with one attached hydrogen (secondary N) is 1. The van der Waals surface area contributed by atoms with E-state index in [-0.39, 0.29) is 29.2 Å². The quantitative estimate of drug-likeness (QED) is 0.208. The Morgan fingerprint density at radius 2 is 1.76 bits per heavy atom. The van der Waals surface area contributed by atoms with Gasteiger partial charge < -0.3 is 20.7 Å². The molecule has 1 aromatic carbocycles. The molecule has 1 aromatic rings. The monoisotopic (exact) mass is 541 g/mol. The standard InChI is InChI=1S/C21H30Cl2FN3O6S/c1-27(2)12-4-11-26-17(28)9-10-18(29)33-19(16(13-24)21(22,23)20(25)30)14-5-7-15(8-6-14)34(3,31)32/h5-8,16,19H,4,9-13H2,1-3H3,(H2,25,30)(H,26,28). The first-order valence-corrected chi connectivity index (χ1v) is 13.0. The minimum Gasteiger partial charge on any atom is -0.457 e. The fourth-order valence-electron chi connectivity index (χ4n) is 2.97. The number of carbonyl (C=O) groups excluding carboxylic acids is 3. The number of esters is 1. The Morgan fingerprint density at radius 3 is 2.24 bits per heavy atom. The van der Waals surface area contributed by atoms with E-state index in [4.69, 9.17) is 33.7 Å². The summed E-state index contributed by atoms with van der Waals surface area (Å²) in [5.41, 5.74) is 5.35. The van der Waals surface area contributed by atoms with Crippen LogP contribution in [0.1, 0.15) is 30.9 Å². The third-order valence-electron chi connectivity index (χ3n) is 4.88. The van der Waals surface area contributed by atoms with Gasteiger partial charge >= 0.3 is 5.97 Å². The third kappa shape index (κ3) is 9.36. The molecule has 0 heterocycles. The first kappa shape index (κ1) is 30.1. The maximum absolute atomic E-state index is 14.0.